The van der Waals surface area contributed by atoms with Crippen LogP contribution in [0, 0.1) is 0 Å². The first-order valence-corrected chi connectivity index (χ1v) is 9.30. The number of amides is 1. The zero-order valence-electron chi connectivity index (χ0n) is 12.5. The quantitative estimate of drug-likeness (QED) is 0.676. The number of likely N-dealkylation sites (tertiary alicyclic amines) is 1. The maximum absolute atomic E-state index is 11.9. The third-order valence-corrected chi connectivity index (χ3v) is 4.48. The fourth-order valence-corrected chi connectivity index (χ4v) is 3.08. The summed E-state index contributed by atoms with van der Waals surface area (Å²) in [7, 11) is -3.07. The first-order valence-electron chi connectivity index (χ1n) is 7.24. The Hall–Kier alpha value is -0.660. The van der Waals surface area contributed by atoms with Crippen molar-refractivity contribution in [2.24, 2.45) is 5.73 Å². The number of carbonyl (C=O) groups is 1. The van der Waals surface area contributed by atoms with E-state index < -0.39 is 15.9 Å². The Morgan fingerprint density at radius 3 is 2.45 bits per heavy atom. The fourth-order valence-electron chi connectivity index (χ4n) is 2.40. The van der Waals surface area contributed by atoms with Gasteiger partial charge in [0.25, 0.3) is 0 Å². The topological polar surface area (TPSA) is 92.5 Å². The van der Waals surface area contributed by atoms with Gasteiger partial charge in [-0.05, 0) is 39.3 Å². The summed E-state index contributed by atoms with van der Waals surface area (Å²) >= 11 is 0. The maximum Gasteiger partial charge on any atom is 0.237 e. The number of piperidine rings is 1. The molecule has 0 bridgehead atoms. The third-order valence-electron chi connectivity index (χ3n) is 3.51. The molecule has 3 N–H and O–H groups in total. The normalized spacial score (nSPS) is 20.4. The van der Waals surface area contributed by atoms with E-state index in [1.165, 1.54) is 19.3 Å². The Morgan fingerprint density at radius 1 is 1.30 bits per heavy atom. The standard InChI is InChI=1S/C13H27N3O3S/c1-11(10-16-7-4-3-5-8-16)15-13(17)12(14)6-9-20(2,18)19/h11-12H,3-10,14H2,1-2H3,(H,15,17). The largest absolute Gasteiger partial charge is 0.351 e. The molecule has 2 unspecified atom stereocenters. The predicted molar refractivity (Wildman–Crippen MR) is 80.2 cm³/mol. The van der Waals surface area contributed by atoms with Gasteiger partial charge in [-0.1, -0.05) is 6.42 Å². The number of carbonyl (C=O) groups excluding carboxylic acids is 1. The Labute approximate surface area is 122 Å². The van der Waals surface area contributed by atoms with Gasteiger partial charge in [0, 0.05) is 18.8 Å². The summed E-state index contributed by atoms with van der Waals surface area (Å²) in [5, 5.41) is 2.86. The molecule has 6 nitrogen and oxygen atoms in total. The summed E-state index contributed by atoms with van der Waals surface area (Å²) in [6.07, 6.45) is 5.04. The lowest BCUT2D eigenvalue weighted by Gasteiger charge is -2.29. The number of hydrogen-bond donors (Lipinski definition) is 2. The van der Waals surface area contributed by atoms with Crippen LogP contribution in [0.15, 0.2) is 0 Å². The lowest BCUT2D eigenvalue weighted by Crippen LogP contribution is -2.49. The number of rotatable bonds is 7. The van der Waals surface area contributed by atoms with Crippen molar-refractivity contribution in [2.45, 2.75) is 44.7 Å². The number of nitrogens with one attached hydrogen (secondary N) is 1. The molecule has 20 heavy (non-hydrogen) atoms. The molecule has 1 aliphatic rings. The molecule has 0 aromatic rings. The van der Waals surface area contributed by atoms with E-state index in [9.17, 15) is 13.2 Å². The molecule has 1 saturated heterocycles. The average molecular weight is 305 g/mol. The van der Waals surface area contributed by atoms with Gasteiger partial charge in [0.1, 0.15) is 9.84 Å². The second-order valence-corrected chi connectivity index (χ2v) is 8.06. The molecule has 118 valence electrons. The van der Waals surface area contributed by atoms with Crippen LogP contribution in [0.2, 0.25) is 0 Å². The van der Waals surface area contributed by atoms with Gasteiger partial charge >= 0.3 is 0 Å². The second kappa shape index (κ2) is 7.95. The van der Waals surface area contributed by atoms with Crippen LogP contribution < -0.4 is 11.1 Å². The van der Waals surface area contributed by atoms with Crippen LogP contribution in [0.4, 0.5) is 0 Å². The Morgan fingerprint density at radius 2 is 1.90 bits per heavy atom. The molecule has 0 aromatic heterocycles. The van der Waals surface area contributed by atoms with Crippen LogP contribution in [-0.4, -0.2) is 63.0 Å². The van der Waals surface area contributed by atoms with Crippen LogP contribution in [0.25, 0.3) is 0 Å². The SMILES string of the molecule is CC(CN1CCCCC1)NC(=O)C(N)CCS(C)(=O)=O. The van der Waals surface area contributed by atoms with E-state index in [0.717, 1.165) is 25.9 Å². The van der Waals surface area contributed by atoms with Gasteiger partial charge < -0.3 is 16.0 Å². The molecule has 0 spiro atoms. The number of nitrogens with two attached hydrogens (primary N) is 1. The lowest BCUT2D eigenvalue weighted by atomic mass is 10.1. The molecular weight excluding hydrogens is 278 g/mol. The molecule has 0 aliphatic carbocycles. The van der Waals surface area contributed by atoms with Crippen molar-refractivity contribution in [1.82, 2.24) is 10.2 Å². The second-order valence-electron chi connectivity index (χ2n) is 5.80. The summed E-state index contributed by atoms with van der Waals surface area (Å²) in [4.78, 5) is 14.2. The minimum Gasteiger partial charge on any atom is -0.351 e. The Balaban J connectivity index is 2.29. The molecule has 7 heteroatoms. The maximum atomic E-state index is 11.9. The molecule has 0 aromatic carbocycles. The summed E-state index contributed by atoms with van der Waals surface area (Å²) in [6, 6.07) is -0.724. The van der Waals surface area contributed by atoms with Crippen molar-refractivity contribution in [3.8, 4) is 0 Å². The molecule has 0 radical (unpaired) electrons. The van der Waals surface area contributed by atoms with Gasteiger partial charge in [0.05, 0.1) is 11.8 Å². The van der Waals surface area contributed by atoms with Gasteiger partial charge in [-0.15, -0.1) is 0 Å². The van der Waals surface area contributed by atoms with Gasteiger partial charge in [0.2, 0.25) is 5.91 Å². The molecule has 1 fully saturated rings. The van der Waals surface area contributed by atoms with Crippen molar-refractivity contribution in [3.05, 3.63) is 0 Å². The van der Waals surface area contributed by atoms with Crippen LogP contribution >= 0.6 is 0 Å². The average Bonchev–Trinajstić information content (AvgIpc) is 2.36. The van der Waals surface area contributed by atoms with E-state index in [1.807, 2.05) is 6.92 Å². The van der Waals surface area contributed by atoms with Crippen LogP contribution in [0.3, 0.4) is 0 Å². The van der Waals surface area contributed by atoms with Crippen LogP contribution in [-0.2, 0) is 14.6 Å². The third kappa shape index (κ3) is 7.21. The zero-order chi connectivity index (χ0) is 15.2. The monoisotopic (exact) mass is 305 g/mol. The molecule has 0 saturated carbocycles. The summed E-state index contributed by atoms with van der Waals surface area (Å²) in [5.41, 5.74) is 5.72. The minimum atomic E-state index is -3.07. The molecule has 1 rings (SSSR count). The Bertz CT molecular complexity index is 405. The highest BCUT2D eigenvalue weighted by atomic mass is 32.2. The molecular formula is C13H27N3O3S. The van der Waals surface area contributed by atoms with E-state index in [0.29, 0.717) is 0 Å². The fraction of sp³-hybridized carbons (Fsp3) is 0.923. The van der Waals surface area contributed by atoms with Crippen molar-refractivity contribution in [3.63, 3.8) is 0 Å². The number of nitrogens with zero attached hydrogens (tertiary/aromatic N) is 1. The summed E-state index contributed by atoms with van der Waals surface area (Å²) < 4.78 is 22.1. The van der Waals surface area contributed by atoms with Crippen LogP contribution in [0.1, 0.15) is 32.6 Å². The van der Waals surface area contributed by atoms with E-state index in [2.05, 4.69) is 10.2 Å². The molecule has 1 amide bonds. The highest BCUT2D eigenvalue weighted by Crippen LogP contribution is 2.08. The predicted octanol–water partition coefficient (Wildman–Crippen LogP) is -0.261. The van der Waals surface area contributed by atoms with Gasteiger partial charge in [-0.3, -0.25) is 4.79 Å². The van der Waals surface area contributed by atoms with Crippen molar-refractivity contribution < 1.29 is 13.2 Å². The first kappa shape index (κ1) is 17.4. The highest BCUT2D eigenvalue weighted by molar-refractivity contribution is 7.90. The summed E-state index contributed by atoms with van der Waals surface area (Å²) in [6.45, 7) is 4.95. The van der Waals surface area contributed by atoms with Gasteiger partial charge in [-0.25, -0.2) is 8.42 Å². The smallest absolute Gasteiger partial charge is 0.237 e. The zero-order valence-corrected chi connectivity index (χ0v) is 13.3. The van der Waals surface area contributed by atoms with Gasteiger partial charge in [-0.2, -0.15) is 0 Å². The number of sulfone groups is 1. The van der Waals surface area contributed by atoms with E-state index in [4.69, 9.17) is 5.73 Å². The minimum absolute atomic E-state index is 0.0323. The van der Waals surface area contributed by atoms with Crippen LogP contribution in [0.5, 0.6) is 0 Å². The van der Waals surface area contributed by atoms with Gasteiger partial charge in [0.15, 0.2) is 0 Å². The molecule has 1 heterocycles. The number of hydrogen-bond acceptors (Lipinski definition) is 5. The lowest BCUT2D eigenvalue weighted by molar-refractivity contribution is -0.123. The van der Waals surface area contributed by atoms with E-state index in [-0.39, 0.29) is 24.1 Å². The van der Waals surface area contributed by atoms with E-state index >= 15 is 0 Å². The first-order chi connectivity index (χ1) is 9.28. The van der Waals surface area contributed by atoms with Crippen molar-refractivity contribution >= 4 is 15.7 Å². The summed E-state index contributed by atoms with van der Waals surface area (Å²) in [5.74, 6) is -0.319. The van der Waals surface area contributed by atoms with Crippen molar-refractivity contribution in [1.29, 1.82) is 0 Å². The van der Waals surface area contributed by atoms with Crippen molar-refractivity contribution in [2.75, 3.05) is 31.6 Å². The van der Waals surface area contributed by atoms with E-state index in [1.54, 1.807) is 0 Å². The highest BCUT2D eigenvalue weighted by Gasteiger charge is 2.19. The molecule has 2 atom stereocenters. The molecule has 1 aliphatic heterocycles. The Kier molecular flexibility index (Phi) is 6.91.